The Balaban J connectivity index is 1.79. The highest BCUT2D eigenvalue weighted by molar-refractivity contribution is 7.16. The normalized spacial score (nSPS) is 17.8. The molecule has 1 aromatic rings. The van der Waals surface area contributed by atoms with Crippen molar-refractivity contribution in [1.29, 1.82) is 0 Å². The standard InChI is InChI=1S/C11H19N5OS/c1-2-5-16-6-3-8(4-7-16)13-9(17)10-14-15-11(12)18-10/h8H,2-7H2,1H3,(H2,12,15)(H,13,17). The average Bonchev–Trinajstić information content (AvgIpc) is 2.79. The fourth-order valence-electron chi connectivity index (χ4n) is 2.19. The van der Waals surface area contributed by atoms with E-state index in [1.54, 1.807) is 0 Å². The molecule has 1 aromatic heterocycles. The van der Waals surface area contributed by atoms with E-state index >= 15 is 0 Å². The summed E-state index contributed by atoms with van der Waals surface area (Å²) in [6, 6.07) is 0.246. The predicted molar refractivity (Wildman–Crippen MR) is 71.5 cm³/mol. The van der Waals surface area contributed by atoms with Crippen LogP contribution in [0, 0.1) is 0 Å². The van der Waals surface area contributed by atoms with Crippen LogP contribution in [0.4, 0.5) is 5.13 Å². The van der Waals surface area contributed by atoms with E-state index in [-0.39, 0.29) is 11.9 Å². The number of carbonyl (C=O) groups is 1. The molecule has 1 fully saturated rings. The third-order valence-electron chi connectivity index (χ3n) is 3.10. The molecule has 0 aromatic carbocycles. The maximum Gasteiger partial charge on any atom is 0.282 e. The summed E-state index contributed by atoms with van der Waals surface area (Å²) in [5, 5.41) is 11.1. The maximum absolute atomic E-state index is 11.9. The van der Waals surface area contributed by atoms with Crippen LogP contribution in [0.2, 0.25) is 0 Å². The fourth-order valence-corrected chi connectivity index (χ4v) is 2.70. The monoisotopic (exact) mass is 269 g/mol. The van der Waals surface area contributed by atoms with Gasteiger partial charge in [0.15, 0.2) is 0 Å². The van der Waals surface area contributed by atoms with E-state index in [2.05, 4.69) is 27.3 Å². The molecular formula is C11H19N5OS. The zero-order valence-corrected chi connectivity index (χ0v) is 11.4. The van der Waals surface area contributed by atoms with Gasteiger partial charge in [-0.2, -0.15) is 0 Å². The van der Waals surface area contributed by atoms with Crippen molar-refractivity contribution in [3.05, 3.63) is 5.01 Å². The van der Waals surface area contributed by atoms with Crippen LogP contribution in [-0.4, -0.2) is 46.7 Å². The van der Waals surface area contributed by atoms with Crippen LogP contribution in [0.15, 0.2) is 0 Å². The Bertz CT molecular complexity index is 400. The zero-order valence-electron chi connectivity index (χ0n) is 10.6. The van der Waals surface area contributed by atoms with Gasteiger partial charge < -0.3 is 16.0 Å². The number of amides is 1. The van der Waals surface area contributed by atoms with Crippen molar-refractivity contribution in [1.82, 2.24) is 20.4 Å². The predicted octanol–water partition coefficient (Wildman–Crippen LogP) is 0.724. The third kappa shape index (κ3) is 3.39. The molecule has 0 saturated carbocycles. The Morgan fingerprint density at radius 2 is 2.22 bits per heavy atom. The number of rotatable bonds is 4. The van der Waals surface area contributed by atoms with Crippen molar-refractivity contribution >= 4 is 22.4 Å². The van der Waals surface area contributed by atoms with E-state index in [1.165, 1.54) is 6.42 Å². The van der Waals surface area contributed by atoms with Crippen molar-refractivity contribution < 1.29 is 4.79 Å². The van der Waals surface area contributed by atoms with E-state index in [4.69, 9.17) is 5.73 Å². The molecule has 1 aliphatic heterocycles. The van der Waals surface area contributed by atoms with Gasteiger partial charge >= 0.3 is 0 Å². The Morgan fingerprint density at radius 1 is 1.50 bits per heavy atom. The molecule has 2 heterocycles. The molecule has 1 aliphatic rings. The van der Waals surface area contributed by atoms with Gasteiger partial charge in [0.1, 0.15) is 0 Å². The molecule has 0 atom stereocenters. The second-order valence-electron chi connectivity index (χ2n) is 4.53. The molecular weight excluding hydrogens is 250 g/mol. The number of hydrogen-bond acceptors (Lipinski definition) is 6. The molecule has 0 radical (unpaired) electrons. The number of hydrogen-bond donors (Lipinski definition) is 2. The second-order valence-corrected chi connectivity index (χ2v) is 5.54. The summed E-state index contributed by atoms with van der Waals surface area (Å²) in [4.78, 5) is 14.3. The van der Waals surface area contributed by atoms with Crippen molar-refractivity contribution in [3.63, 3.8) is 0 Å². The molecule has 0 bridgehead atoms. The van der Waals surface area contributed by atoms with Crippen molar-refractivity contribution in [2.45, 2.75) is 32.2 Å². The maximum atomic E-state index is 11.9. The molecule has 18 heavy (non-hydrogen) atoms. The van der Waals surface area contributed by atoms with Gasteiger partial charge in [-0.3, -0.25) is 4.79 Å². The summed E-state index contributed by atoms with van der Waals surface area (Å²) in [7, 11) is 0. The van der Waals surface area contributed by atoms with Crippen LogP contribution >= 0.6 is 11.3 Å². The number of carbonyl (C=O) groups excluding carboxylic acids is 1. The minimum atomic E-state index is -0.154. The lowest BCUT2D eigenvalue weighted by Gasteiger charge is -2.31. The Morgan fingerprint density at radius 3 is 2.78 bits per heavy atom. The molecule has 0 aliphatic carbocycles. The minimum Gasteiger partial charge on any atom is -0.374 e. The number of anilines is 1. The second kappa shape index (κ2) is 6.10. The number of piperidine rings is 1. The summed E-state index contributed by atoms with van der Waals surface area (Å²) in [6.07, 6.45) is 3.18. The van der Waals surface area contributed by atoms with Crippen LogP contribution in [0.5, 0.6) is 0 Å². The van der Waals surface area contributed by atoms with Gasteiger partial charge in [-0.15, -0.1) is 10.2 Å². The largest absolute Gasteiger partial charge is 0.374 e. The first kappa shape index (κ1) is 13.2. The molecule has 3 N–H and O–H groups in total. The molecule has 7 heteroatoms. The van der Waals surface area contributed by atoms with Gasteiger partial charge in [-0.05, 0) is 25.8 Å². The van der Waals surface area contributed by atoms with Crippen molar-refractivity contribution in [2.24, 2.45) is 0 Å². The van der Waals surface area contributed by atoms with E-state index in [0.29, 0.717) is 10.1 Å². The lowest BCUT2D eigenvalue weighted by Crippen LogP contribution is -2.44. The number of nitrogens with two attached hydrogens (primary N) is 1. The van der Waals surface area contributed by atoms with Crippen LogP contribution in [0.25, 0.3) is 0 Å². The molecule has 0 unspecified atom stereocenters. The first-order valence-corrected chi connectivity index (χ1v) is 7.13. The molecule has 100 valence electrons. The van der Waals surface area contributed by atoms with Gasteiger partial charge in [0, 0.05) is 19.1 Å². The quantitative estimate of drug-likeness (QED) is 0.841. The van der Waals surface area contributed by atoms with Crippen LogP contribution < -0.4 is 11.1 Å². The van der Waals surface area contributed by atoms with Crippen molar-refractivity contribution in [3.8, 4) is 0 Å². The number of nitrogen functional groups attached to an aromatic ring is 1. The zero-order chi connectivity index (χ0) is 13.0. The summed E-state index contributed by atoms with van der Waals surface area (Å²) in [5.41, 5.74) is 5.46. The van der Waals surface area contributed by atoms with Crippen LogP contribution in [0.3, 0.4) is 0 Å². The highest BCUT2D eigenvalue weighted by Crippen LogP contribution is 2.14. The van der Waals surface area contributed by atoms with Gasteiger partial charge in [0.25, 0.3) is 5.91 Å². The number of likely N-dealkylation sites (tertiary alicyclic amines) is 1. The molecule has 1 amide bonds. The summed E-state index contributed by atoms with van der Waals surface area (Å²) in [5.74, 6) is -0.154. The van der Waals surface area contributed by atoms with Gasteiger partial charge in [-0.25, -0.2) is 0 Å². The molecule has 0 spiro atoms. The van der Waals surface area contributed by atoms with E-state index in [1.807, 2.05) is 0 Å². The lowest BCUT2D eigenvalue weighted by molar-refractivity contribution is 0.0910. The van der Waals surface area contributed by atoms with Crippen molar-refractivity contribution in [2.75, 3.05) is 25.4 Å². The molecule has 6 nitrogen and oxygen atoms in total. The average molecular weight is 269 g/mol. The SMILES string of the molecule is CCCN1CCC(NC(=O)c2nnc(N)s2)CC1. The van der Waals surface area contributed by atoms with Crippen LogP contribution in [0.1, 0.15) is 36.0 Å². The Labute approximate surface area is 111 Å². The van der Waals surface area contributed by atoms with Gasteiger partial charge in [0.2, 0.25) is 10.1 Å². The Kier molecular flexibility index (Phi) is 4.48. The smallest absolute Gasteiger partial charge is 0.282 e. The summed E-state index contributed by atoms with van der Waals surface area (Å²) >= 11 is 1.13. The Hall–Kier alpha value is -1.21. The van der Waals surface area contributed by atoms with E-state index in [0.717, 1.165) is 43.8 Å². The summed E-state index contributed by atoms with van der Waals surface area (Å²) in [6.45, 7) is 5.44. The lowest BCUT2D eigenvalue weighted by atomic mass is 10.0. The van der Waals surface area contributed by atoms with E-state index in [9.17, 15) is 4.79 Å². The third-order valence-corrected chi connectivity index (χ3v) is 3.85. The highest BCUT2D eigenvalue weighted by atomic mass is 32.1. The topological polar surface area (TPSA) is 84.1 Å². The first-order chi connectivity index (χ1) is 8.69. The number of nitrogens with zero attached hydrogens (tertiary/aromatic N) is 3. The number of nitrogens with one attached hydrogen (secondary N) is 1. The fraction of sp³-hybridized carbons (Fsp3) is 0.727. The van der Waals surface area contributed by atoms with Gasteiger partial charge in [0.05, 0.1) is 0 Å². The summed E-state index contributed by atoms with van der Waals surface area (Å²) < 4.78 is 0. The minimum absolute atomic E-state index is 0.154. The highest BCUT2D eigenvalue weighted by Gasteiger charge is 2.21. The van der Waals surface area contributed by atoms with E-state index < -0.39 is 0 Å². The molecule has 1 saturated heterocycles. The van der Waals surface area contributed by atoms with Crippen LogP contribution in [-0.2, 0) is 0 Å². The molecule has 2 rings (SSSR count). The number of aromatic nitrogens is 2. The first-order valence-electron chi connectivity index (χ1n) is 6.31. The van der Waals surface area contributed by atoms with Gasteiger partial charge in [-0.1, -0.05) is 18.3 Å².